The normalized spacial score (nSPS) is 8.25. The average Bonchev–Trinajstić information content (AvgIpc) is 2.09. The van der Waals surface area contributed by atoms with Crippen LogP contribution in [0.1, 0.15) is 5.56 Å². The number of rotatable bonds is 2. The van der Waals surface area contributed by atoms with Crippen molar-refractivity contribution in [2.24, 2.45) is 4.99 Å². The van der Waals surface area contributed by atoms with Crippen molar-refractivity contribution in [2.45, 2.75) is 6.42 Å². The molecule has 0 spiro atoms. The topological polar surface area (TPSA) is 53.2 Å². The van der Waals surface area contributed by atoms with Crippen molar-refractivity contribution >= 4 is 11.8 Å². The monoisotopic (exact) mass is 158 g/mol. The molecule has 0 N–H and O–H groups in total. The summed E-state index contributed by atoms with van der Waals surface area (Å²) in [5, 5.41) is 8.42. The van der Waals surface area contributed by atoms with Gasteiger partial charge in [0.25, 0.3) is 0 Å². The van der Waals surface area contributed by atoms with Gasteiger partial charge in [-0.2, -0.15) is 10.3 Å². The van der Waals surface area contributed by atoms with Crippen LogP contribution in [0.15, 0.2) is 29.3 Å². The van der Waals surface area contributed by atoms with E-state index in [9.17, 15) is 4.79 Å². The van der Waals surface area contributed by atoms with E-state index in [1.807, 2.05) is 6.07 Å². The molecule has 1 aromatic rings. The Hall–Kier alpha value is -1.91. The van der Waals surface area contributed by atoms with E-state index in [0.717, 1.165) is 5.56 Å². The second kappa shape index (κ2) is 4.07. The lowest BCUT2D eigenvalue weighted by molar-refractivity contribution is 0.565. The summed E-state index contributed by atoms with van der Waals surface area (Å²) in [7, 11) is 0. The minimum atomic E-state index is 0.265. The number of carbonyl (C=O) groups excluding carboxylic acids is 1. The zero-order valence-electron chi connectivity index (χ0n) is 6.32. The van der Waals surface area contributed by atoms with Crippen LogP contribution >= 0.6 is 0 Å². The second-order valence-corrected chi connectivity index (χ2v) is 2.17. The van der Waals surface area contributed by atoms with E-state index in [1.54, 1.807) is 24.3 Å². The first kappa shape index (κ1) is 8.19. The molecule has 58 valence electrons. The van der Waals surface area contributed by atoms with Crippen LogP contribution in [0.4, 0.5) is 5.69 Å². The van der Waals surface area contributed by atoms with Gasteiger partial charge < -0.3 is 0 Å². The summed E-state index contributed by atoms with van der Waals surface area (Å²) < 4.78 is 0. The Bertz CT molecular complexity index is 359. The van der Waals surface area contributed by atoms with Crippen molar-refractivity contribution < 1.29 is 4.79 Å². The first-order chi connectivity index (χ1) is 5.88. The van der Waals surface area contributed by atoms with Crippen LogP contribution in [0, 0.1) is 11.3 Å². The minimum Gasteiger partial charge on any atom is -0.211 e. The number of para-hydroxylation sites is 1. The number of isocyanates is 1. The Balaban J connectivity index is 3.09. The fourth-order valence-corrected chi connectivity index (χ4v) is 0.904. The Morgan fingerprint density at radius 3 is 2.83 bits per heavy atom. The Kier molecular flexibility index (Phi) is 2.78. The molecule has 0 heterocycles. The quantitative estimate of drug-likeness (QED) is 0.486. The molecule has 3 nitrogen and oxygen atoms in total. The van der Waals surface area contributed by atoms with Crippen molar-refractivity contribution in [1.29, 1.82) is 5.26 Å². The van der Waals surface area contributed by atoms with E-state index < -0.39 is 0 Å². The zero-order chi connectivity index (χ0) is 8.81. The maximum atomic E-state index is 9.96. The molecular weight excluding hydrogens is 152 g/mol. The lowest BCUT2D eigenvalue weighted by atomic mass is 10.1. The SMILES string of the molecule is N#CCc1ccccc1N=C=O. The first-order valence-corrected chi connectivity index (χ1v) is 3.41. The summed E-state index contributed by atoms with van der Waals surface area (Å²) in [4.78, 5) is 13.4. The zero-order valence-corrected chi connectivity index (χ0v) is 6.32. The molecule has 0 atom stereocenters. The van der Waals surface area contributed by atoms with Gasteiger partial charge in [0.1, 0.15) is 0 Å². The van der Waals surface area contributed by atoms with Gasteiger partial charge in [0.05, 0.1) is 18.2 Å². The first-order valence-electron chi connectivity index (χ1n) is 3.41. The van der Waals surface area contributed by atoms with E-state index >= 15 is 0 Å². The van der Waals surface area contributed by atoms with Crippen LogP contribution in [-0.2, 0) is 11.2 Å². The number of nitrogens with zero attached hydrogens (tertiary/aromatic N) is 2. The van der Waals surface area contributed by atoms with Crippen molar-refractivity contribution in [3.05, 3.63) is 29.8 Å². The summed E-state index contributed by atoms with van der Waals surface area (Å²) in [5.74, 6) is 0. The highest BCUT2D eigenvalue weighted by molar-refractivity contribution is 5.54. The predicted octanol–water partition coefficient (Wildman–Crippen LogP) is 1.72. The van der Waals surface area contributed by atoms with E-state index in [0.29, 0.717) is 5.69 Å². The molecule has 0 unspecified atom stereocenters. The van der Waals surface area contributed by atoms with Gasteiger partial charge in [-0.25, -0.2) is 4.79 Å². The standard InChI is InChI=1S/C9H6N2O/c10-6-5-8-3-1-2-4-9(8)11-7-12/h1-4H,5H2. The predicted molar refractivity (Wildman–Crippen MR) is 43.5 cm³/mol. The van der Waals surface area contributed by atoms with Crippen molar-refractivity contribution in [1.82, 2.24) is 0 Å². The molecule has 0 radical (unpaired) electrons. The fraction of sp³-hybridized carbons (Fsp3) is 0.111. The van der Waals surface area contributed by atoms with Gasteiger partial charge in [-0.1, -0.05) is 18.2 Å². The van der Waals surface area contributed by atoms with Crippen LogP contribution in [0.2, 0.25) is 0 Å². The largest absolute Gasteiger partial charge is 0.240 e. The van der Waals surface area contributed by atoms with Gasteiger partial charge in [-0.05, 0) is 11.6 Å². The highest BCUT2D eigenvalue weighted by atomic mass is 16.1. The van der Waals surface area contributed by atoms with Crippen LogP contribution in [-0.4, -0.2) is 6.08 Å². The summed E-state index contributed by atoms with van der Waals surface area (Å²) in [6, 6.07) is 9.00. The molecule has 1 rings (SSSR count). The molecule has 0 aliphatic carbocycles. The van der Waals surface area contributed by atoms with Crippen molar-refractivity contribution in [2.75, 3.05) is 0 Å². The Labute approximate surface area is 70.0 Å². The number of benzene rings is 1. The third kappa shape index (κ3) is 1.79. The third-order valence-corrected chi connectivity index (χ3v) is 1.43. The number of hydrogen-bond acceptors (Lipinski definition) is 3. The molecule has 0 aliphatic rings. The van der Waals surface area contributed by atoms with Crippen molar-refractivity contribution in [3.8, 4) is 6.07 Å². The van der Waals surface area contributed by atoms with Gasteiger partial charge in [0, 0.05) is 0 Å². The molecule has 0 bridgehead atoms. The highest BCUT2D eigenvalue weighted by Gasteiger charge is 1.97. The lowest BCUT2D eigenvalue weighted by Gasteiger charge is -1.96. The molecule has 0 saturated heterocycles. The van der Waals surface area contributed by atoms with Crippen LogP contribution in [0.25, 0.3) is 0 Å². The van der Waals surface area contributed by atoms with E-state index in [4.69, 9.17) is 5.26 Å². The maximum absolute atomic E-state index is 9.96. The number of aliphatic imine (C=N–C) groups is 1. The molecular formula is C9H6N2O. The van der Waals surface area contributed by atoms with Crippen LogP contribution in [0.5, 0.6) is 0 Å². The maximum Gasteiger partial charge on any atom is 0.240 e. The smallest absolute Gasteiger partial charge is 0.211 e. The second-order valence-electron chi connectivity index (χ2n) is 2.17. The highest BCUT2D eigenvalue weighted by Crippen LogP contribution is 2.17. The number of hydrogen-bond donors (Lipinski definition) is 0. The molecule has 0 aliphatic heterocycles. The molecule has 3 heteroatoms. The fourth-order valence-electron chi connectivity index (χ4n) is 0.904. The van der Waals surface area contributed by atoms with Crippen LogP contribution in [0.3, 0.4) is 0 Å². The van der Waals surface area contributed by atoms with E-state index in [1.165, 1.54) is 6.08 Å². The third-order valence-electron chi connectivity index (χ3n) is 1.43. The Morgan fingerprint density at radius 1 is 1.42 bits per heavy atom. The van der Waals surface area contributed by atoms with Crippen LogP contribution < -0.4 is 0 Å². The summed E-state index contributed by atoms with van der Waals surface area (Å²) in [5.41, 5.74) is 1.28. The van der Waals surface area contributed by atoms with Crippen molar-refractivity contribution in [3.63, 3.8) is 0 Å². The molecule has 0 saturated carbocycles. The summed E-state index contributed by atoms with van der Waals surface area (Å²) in [6.45, 7) is 0. The van der Waals surface area contributed by atoms with E-state index in [2.05, 4.69) is 4.99 Å². The minimum absolute atomic E-state index is 0.265. The van der Waals surface area contributed by atoms with Gasteiger partial charge in [-0.3, -0.25) is 0 Å². The molecule has 1 aromatic carbocycles. The molecule has 12 heavy (non-hydrogen) atoms. The van der Waals surface area contributed by atoms with Gasteiger partial charge >= 0.3 is 0 Å². The van der Waals surface area contributed by atoms with Gasteiger partial charge in [0.2, 0.25) is 6.08 Å². The van der Waals surface area contributed by atoms with E-state index in [-0.39, 0.29) is 6.42 Å². The Morgan fingerprint density at radius 2 is 2.17 bits per heavy atom. The molecule has 0 amide bonds. The number of nitriles is 1. The van der Waals surface area contributed by atoms with Gasteiger partial charge in [0.15, 0.2) is 0 Å². The molecule has 0 fully saturated rings. The summed E-state index contributed by atoms with van der Waals surface area (Å²) in [6.07, 6.45) is 1.71. The average molecular weight is 158 g/mol. The van der Waals surface area contributed by atoms with Gasteiger partial charge in [-0.15, -0.1) is 0 Å². The lowest BCUT2D eigenvalue weighted by Crippen LogP contribution is -1.80. The summed E-state index contributed by atoms with van der Waals surface area (Å²) >= 11 is 0. The molecule has 0 aromatic heterocycles.